The molecular formula is C11H20ClNO2. The molecule has 1 amide bonds. The van der Waals surface area contributed by atoms with Gasteiger partial charge in [-0.05, 0) is 33.6 Å². The van der Waals surface area contributed by atoms with Gasteiger partial charge in [-0.2, -0.15) is 0 Å². The van der Waals surface area contributed by atoms with Gasteiger partial charge in [0.1, 0.15) is 5.38 Å². The molecule has 1 saturated heterocycles. The second-order valence-electron chi connectivity index (χ2n) is 5.12. The van der Waals surface area contributed by atoms with Gasteiger partial charge < -0.3 is 10.1 Å². The van der Waals surface area contributed by atoms with E-state index in [1.807, 2.05) is 20.8 Å². The monoisotopic (exact) mass is 233 g/mol. The van der Waals surface area contributed by atoms with E-state index in [2.05, 4.69) is 5.32 Å². The average molecular weight is 234 g/mol. The Hall–Kier alpha value is -0.280. The molecule has 15 heavy (non-hydrogen) atoms. The van der Waals surface area contributed by atoms with Crippen LogP contribution in [0.1, 0.15) is 33.6 Å². The fourth-order valence-corrected chi connectivity index (χ4v) is 1.90. The molecule has 1 aliphatic heterocycles. The van der Waals surface area contributed by atoms with Crippen molar-refractivity contribution in [2.24, 2.45) is 5.92 Å². The van der Waals surface area contributed by atoms with E-state index < -0.39 is 5.38 Å². The number of nitrogens with one attached hydrogen (secondary N) is 1. The summed E-state index contributed by atoms with van der Waals surface area (Å²) in [5.41, 5.74) is -0.222. The summed E-state index contributed by atoms with van der Waals surface area (Å²) in [6, 6.07) is 0. The zero-order valence-electron chi connectivity index (χ0n) is 9.68. The van der Waals surface area contributed by atoms with Gasteiger partial charge in [0.25, 0.3) is 0 Å². The van der Waals surface area contributed by atoms with Crippen LogP contribution in [-0.4, -0.2) is 30.0 Å². The molecule has 1 aliphatic rings. The first-order valence-electron chi connectivity index (χ1n) is 5.44. The lowest BCUT2D eigenvalue weighted by atomic mass is 9.97. The predicted molar refractivity (Wildman–Crippen MR) is 61.1 cm³/mol. The fourth-order valence-electron chi connectivity index (χ4n) is 1.65. The molecule has 0 aliphatic carbocycles. The first-order valence-corrected chi connectivity index (χ1v) is 5.87. The van der Waals surface area contributed by atoms with E-state index in [0.717, 1.165) is 19.4 Å². The maximum atomic E-state index is 11.8. The Morgan fingerprint density at radius 1 is 1.53 bits per heavy atom. The van der Waals surface area contributed by atoms with Gasteiger partial charge in [-0.25, -0.2) is 0 Å². The van der Waals surface area contributed by atoms with E-state index in [-0.39, 0.29) is 17.4 Å². The molecule has 4 heteroatoms. The van der Waals surface area contributed by atoms with Crippen molar-refractivity contribution < 1.29 is 9.53 Å². The number of amides is 1. The third-order valence-corrected chi connectivity index (χ3v) is 2.91. The lowest BCUT2D eigenvalue weighted by molar-refractivity contribution is -0.124. The van der Waals surface area contributed by atoms with Crippen molar-refractivity contribution >= 4 is 17.5 Å². The van der Waals surface area contributed by atoms with Crippen LogP contribution >= 0.6 is 11.6 Å². The maximum Gasteiger partial charge on any atom is 0.238 e. The normalized spacial score (nSPS) is 24.7. The van der Waals surface area contributed by atoms with Gasteiger partial charge >= 0.3 is 0 Å². The minimum atomic E-state index is -0.468. The zero-order valence-corrected chi connectivity index (χ0v) is 10.4. The molecule has 0 aromatic rings. The van der Waals surface area contributed by atoms with Crippen molar-refractivity contribution in [3.05, 3.63) is 0 Å². The van der Waals surface area contributed by atoms with E-state index >= 15 is 0 Å². The van der Waals surface area contributed by atoms with Gasteiger partial charge in [0, 0.05) is 18.1 Å². The lowest BCUT2D eigenvalue weighted by Crippen LogP contribution is -2.47. The molecule has 1 rings (SSSR count). The van der Waals surface area contributed by atoms with E-state index in [4.69, 9.17) is 16.3 Å². The Labute approximate surface area is 96.5 Å². The molecule has 0 aromatic heterocycles. The number of hydrogen-bond acceptors (Lipinski definition) is 2. The van der Waals surface area contributed by atoms with Gasteiger partial charge in [-0.3, -0.25) is 4.79 Å². The molecule has 1 heterocycles. The average Bonchev–Trinajstić information content (AvgIpc) is 2.15. The molecule has 1 N–H and O–H groups in total. The number of carbonyl (C=O) groups excluding carboxylic acids is 1. The standard InChI is InChI=1S/C11H20ClNO2/c1-11(2,3)13-10(14)9(12)8-5-4-6-15-7-8/h8-9H,4-7H2,1-3H3,(H,13,14). The van der Waals surface area contributed by atoms with Gasteiger partial charge in [0.05, 0.1) is 6.61 Å². The Morgan fingerprint density at radius 2 is 2.20 bits per heavy atom. The number of hydrogen-bond donors (Lipinski definition) is 1. The minimum Gasteiger partial charge on any atom is -0.381 e. The summed E-state index contributed by atoms with van der Waals surface area (Å²) in [6.45, 7) is 7.25. The minimum absolute atomic E-state index is 0.0836. The number of alkyl halides is 1. The summed E-state index contributed by atoms with van der Waals surface area (Å²) in [4.78, 5) is 11.8. The Morgan fingerprint density at radius 3 is 2.67 bits per heavy atom. The van der Waals surface area contributed by atoms with Crippen LogP contribution < -0.4 is 5.32 Å². The molecule has 2 atom stereocenters. The zero-order chi connectivity index (χ0) is 11.5. The molecule has 88 valence electrons. The van der Waals surface area contributed by atoms with Crippen LogP contribution in [0.15, 0.2) is 0 Å². The van der Waals surface area contributed by atoms with Crippen LogP contribution in [-0.2, 0) is 9.53 Å². The number of halogens is 1. The summed E-state index contributed by atoms with van der Waals surface area (Å²) in [5, 5.41) is 2.42. The smallest absolute Gasteiger partial charge is 0.238 e. The van der Waals surface area contributed by atoms with Crippen LogP contribution in [0.5, 0.6) is 0 Å². The van der Waals surface area contributed by atoms with Crippen molar-refractivity contribution in [2.75, 3.05) is 13.2 Å². The highest BCUT2D eigenvalue weighted by Crippen LogP contribution is 2.22. The molecule has 0 saturated carbocycles. The van der Waals surface area contributed by atoms with Crippen LogP contribution in [0, 0.1) is 5.92 Å². The van der Waals surface area contributed by atoms with Crippen molar-refractivity contribution in [3.8, 4) is 0 Å². The molecule has 0 bridgehead atoms. The Balaban J connectivity index is 2.44. The van der Waals surface area contributed by atoms with Gasteiger partial charge in [-0.1, -0.05) is 0 Å². The van der Waals surface area contributed by atoms with Gasteiger partial charge in [-0.15, -0.1) is 11.6 Å². The topological polar surface area (TPSA) is 38.3 Å². The summed E-state index contributed by atoms with van der Waals surface area (Å²) < 4.78 is 5.32. The summed E-state index contributed by atoms with van der Waals surface area (Å²) in [6.07, 6.45) is 1.97. The first-order chi connectivity index (χ1) is 6.90. The number of ether oxygens (including phenoxy) is 1. The van der Waals surface area contributed by atoms with Crippen molar-refractivity contribution in [2.45, 2.75) is 44.5 Å². The highest BCUT2D eigenvalue weighted by molar-refractivity contribution is 6.31. The van der Waals surface area contributed by atoms with Crippen molar-refractivity contribution in [1.82, 2.24) is 5.32 Å². The Bertz CT molecular complexity index is 219. The number of carbonyl (C=O) groups is 1. The SMILES string of the molecule is CC(C)(C)NC(=O)C(Cl)C1CCCOC1. The van der Waals surface area contributed by atoms with E-state index in [9.17, 15) is 4.79 Å². The summed E-state index contributed by atoms with van der Waals surface area (Å²) in [5.74, 6) is 0.0717. The second-order valence-corrected chi connectivity index (χ2v) is 5.59. The molecule has 2 unspecified atom stereocenters. The largest absolute Gasteiger partial charge is 0.381 e. The van der Waals surface area contributed by atoms with Crippen LogP contribution in [0.3, 0.4) is 0 Å². The maximum absolute atomic E-state index is 11.8. The quantitative estimate of drug-likeness (QED) is 0.741. The highest BCUT2D eigenvalue weighted by atomic mass is 35.5. The van der Waals surface area contributed by atoms with Gasteiger partial charge in [0.2, 0.25) is 5.91 Å². The fraction of sp³-hybridized carbons (Fsp3) is 0.909. The lowest BCUT2D eigenvalue weighted by Gasteiger charge is -2.28. The van der Waals surface area contributed by atoms with E-state index in [1.165, 1.54) is 0 Å². The Kier molecular flexibility index (Phi) is 4.41. The van der Waals surface area contributed by atoms with Gasteiger partial charge in [0.15, 0.2) is 0 Å². The molecule has 0 spiro atoms. The summed E-state index contributed by atoms with van der Waals surface area (Å²) in [7, 11) is 0. The molecule has 3 nitrogen and oxygen atoms in total. The van der Waals surface area contributed by atoms with Crippen LogP contribution in [0.4, 0.5) is 0 Å². The second kappa shape index (κ2) is 5.17. The van der Waals surface area contributed by atoms with Crippen LogP contribution in [0.2, 0.25) is 0 Å². The highest BCUT2D eigenvalue weighted by Gasteiger charge is 2.29. The molecule has 0 aromatic carbocycles. The third-order valence-electron chi connectivity index (χ3n) is 2.36. The van der Waals surface area contributed by atoms with Crippen LogP contribution in [0.25, 0.3) is 0 Å². The van der Waals surface area contributed by atoms with Crippen molar-refractivity contribution in [3.63, 3.8) is 0 Å². The molecule has 0 radical (unpaired) electrons. The third kappa shape index (κ3) is 4.39. The van der Waals surface area contributed by atoms with E-state index in [1.54, 1.807) is 0 Å². The van der Waals surface area contributed by atoms with E-state index in [0.29, 0.717) is 6.61 Å². The number of rotatable bonds is 2. The molecular weight excluding hydrogens is 214 g/mol. The van der Waals surface area contributed by atoms with Crippen molar-refractivity contribution in [1.29, 1.82) is 0 Å². The molecule has 1 fully saturated rings. The predicted octanol–water partition coefficient (Wildman–Crippen LogP) is 1.94. The summed E-state index contributed by atoms with van der Waals surface area (Å²) >= 11 is 6.12. The first kappa shape index (κ1) is 12.8.